The Hall–Kier alpha value is -1.38. The van der Waals surface area contributed by atoms with Gasteiger partial charge < -0.3 is 5.32 Å². The first-order valence-electron chi connectivity index (χ1n) is 9.23. The van der Waals surface area contributed by atoms with Gasteiger partial charge in [-0.3, -0.25) is 4.79 Å². The number of hydrogen-bond acceptors (Lipinski definition) is 1. The smallest absolute Gasteiger partial charge is 0.223 e. The quantitative estimate of drug-likeness (QED) is 0.902. The summed E-state index contributed by atoms with van der Waals surface area (Å²) in [6.45, 7) is 0. The molecule has 5 saturated carbocycles. The van der Waals surface area contributed by atoms with Gasteiger partial charge >= 0.3 is 0 Å². The molecule has 0 spiro atoms. The molecule has 0 heterocycles. The molecule has 1 aromatic carbocycles. The molecule has 2 unspecified atom stereocenters. The van der Waals surface area contributed by atoms with Crippen LogP contribution in [0.4, 0.5) is 4.39 Å². The van der Waals surface area contributed by atoms with Crippen molar-refractivity contribution in [3.8, 4) is 0 Å². The normalized spacial score (nSPS) is 43.4. The summed E-state index contributed by atoms with van der Waals surface area (Å²) in [7, 11) is 0. The lowest BCUT2D eigenvalue weighted by Gasteiger charge is -2.54. The molecule has 6 rings (SSSR count). The topological polar surface area (TPSA) is 29.1 Å². The first kappa shape index (κ1) is 14.0. The molecule has 5 aliphatic carbocycles. The number of amides is 1. The Kier molecular flexibility index (Phi) is 3.08. The van der Waals surface area contributed by atoms with Gasteiger partial charge in [-0.1, -0.05) is 12.1 Å². The van der Waals surface area contributed by atoms with E-state index < -0.39 is 0 Å². The van der Waals surface area contributed by atoms with Crippen molar-refractivity contribution in [3.05, 3.63) is 35.6 Å². The summed E-state index contributed by atoms with van der Waals surface area (Å²) < 4.78 is 13.0. The number of hydrogen-bond donors (Lipinski definition) is 1. The van der Waals surface area contributed by atoms with E-state index in [2.05, 4.69) is 5.32 Å². The summed E-state index contributed by atoms with van der Waals surface area (Å²) in [4.78, 5) is 12.7. The van der Waals surface area contributed by atoms with E-state index in [1.165, 1.54) is 44.2 Å². The van der Waals surface area contributed by atoms with Gasteiger partial charge in [0.05, 0.1) is 0 Å². The highest BCUT2D eigenvalue weighted by Gasteiger charge is 2.51. The molecular weight excluding hydrogens is 289 g/mol. The fourth-order valence-corrected chi connectivity index (χ4v) is 6.00. The van der Waals surface area contributed by atoms with E-state index in [0.29, 0.717) is 12.0 Å². The Labute approximate surface area is 136 Å². The fourth-order valence-electron chi connectivity index (χ4n) is 6.00. The van der Waals surface area contributed by atoms with E-state index in [4.69, 9.17) is 0 Å². The van der Waals surface area contributed by atoms with Crippen LogP contribution in [-0.4, -0.2) is 11.9 Å². The molecule has 5 aliphatic rings. The average molecular weight is 313 g/mol. The van der Waals surface area contributed by atoms with E-state index in [-0.39, 0.29) is 17.6 Å². The molecule has 0 radical (unpaired) electrons. The zero-order valence-electron chi connectivity index (χ0n) is 13.4. The lowest BCUT2D eigenvalue weighted by molar-refractivity contribution is -0.126. The molecule has 122 valence electrons. The van der Waals surface area contributed by atoms with Crippen molar-refractivity contribution < 1.29 is 9.18 Å². The highest BCUT2D eigenvalue weighted by atomic mass is 19.1. The van der Waals surface area contributed by atoms with Crippen LogP contribution >= 0.6 is 0 Å². The van der Waals surface area contributed by atoms with Crippen LogP contribution in [-0.2, 0) is 4.79 Å². The molecule has 23 heavy (non-hydrogen) atoms. The van der Waals surface area contributed by atoms with Gasteiger partial charge in [0.2, 0.25) is 5.91 Å². The van der Waals surface area contributed by atoms with E-state index in [0.717, 1.165) is 35.7 Å². The molecule has 2 atom stereocenters. The highest BCUT2D eigenvalue weighted by Crippen LogP contribution is 2.54. The second-order valence-corrected chi connectivity index (χ2v) is 8.47. The van der Waals surface area contributed by atoms with Crippen molar-refractivity contribution >= 4 is 5.91 Å². The molecule has 0 aliphatic heterocycles. The Bertz CT molecular complexity index is 597. The maximum Gasteiger partial charge on any atom is 0.223 e. The minimum Gasteiger partial charge on any atom is -0.353 e. The summed E-state index contributed by atoms with van der Waals surface area (Å²) in [6.07, 6.45) is 7.72. The highest BCUT2D eigenvalue weighted by molar-refractivity contribution is 5.83. The Morgan fingerprint density at radius 1 is 0.913 bits per heavy atom. The molecule has 1 N–H and O–H groups in total. The van der Waals surface area contributed by atoms with E-state index in [1.54, 1.807) is 0 Å². The van der Waals surface area contributed by atoms with Gasteiger partial charge in [0, 0.05) is 12.0 Å². The van der Waals surface area contributed by atoms with Gasteiger partial charge in [0.25, 0.3) is 0 Å². The molecule has 3 heteroatoms. The van der Waals surface area contributed by atoms with Crippen molar-refractivity contribution in [1.82, 2.24) is 5.32 Å². The molecule has 1 amide bonds. The monoisotopic (exact) mass is 313 g/mol. The summed E-state index contributed by atoms with van der Waals surface area (Å²) >= 11 is 0. The predicted octanol–water partition coefficient (Wildman–Crippen LogP) is 3.87. The fraction of sp³-hybridized carbons (Fsp3) is 0.650. The number of carbonyl (C=O) groups is 1. The first-order chi connectivity index (χ1) is 11.2. The lowest BCUT2D eigenvalue weighted by Crippen LogP contribution is -2.56. The van der Waals surface area contributed by atoms with Gasteiger partial charge in [-0.2, -0.15) is 0 Å². The van der Waals surface area contributed by atoms with E-state index >= 15 is 0 Å². The van der Waals surface area contributed by atoms with Crippen LogP contribution in [0.1, 0.15) is 50.0 Å². The zero-order valence-corrected chi connectivity index (χ0v) is 13.4. The van der Waals surface area contributed by atoms with Crippen LogP contribution < -0.4 is 5.32 Å². The molecule has 2 nitrogen and oxygen atoms in total. The molecule has 0 saturated heterocycles. The molecule has 0 aromatic heterocycles. The van der Waals surface area contributed by atoms with Crippen molar-refractivity contribution in [3.63, 3.8) is 0 Å². The predicted molar refractivity (Wildman–Crippen MR) is 86.2 cm³/mol. The molecule has 1 aromatic rings. The Morgan fingerprint density at radius 2 is 1.52 bits per heavy atom. The van der Waals surface area contributed by atoms with Crippen molar-refractivity contribution in [1.29, 1.82) is 0 Å². The molecule has 5 fully saturated rings. The number of nitrogens with one attached hydrogen (secondary N) is 1. The third-order valence-electron chi connectivity index (χ3n) is 6.96. The van der Waals surface area contributed by atoms with Gasteiger partial charge in [0.15, 0.2) is 0 Å². The minimum absolute atomic E-state index is 0.109. The number of benzene rings is 1. The Balaban J connectivity index is 1.24. The maximum absolute atomic E-state index is 13.0. The van der Waals surface area contributed by atoms with Crippen LogP contribution in [0, 0.1) is 35.4 Å². The van der Waals surface area contributed by atoms with Crippen LogP contribution in [0.2, 0.25) is 0 Å². The summed E-state index contributed by atoms with van der Waals surface area (Å²) in [5.74, 6) is 3.81. The van der Waals surface area contributed by atoms with Crippen LogP contribution in [0.3, 0.4) is 0 Å². The third kappa shape index (κ3) is 2.40. The van der Waals surface area contributed by atoms with Gasteiger partial charge in [-0.25, -0.2) is 4.39 Å². The third-order valence-corrected chi connectivity index (χ3v) is 6.96. The average Bonchev–Trinajstić information content (AvgIpc) is 3.31. The largest absolute Gasteiger partial charge is 0.353 e. The summed E-state index contributed by atoms with van der Waals surface area (Å²) in [5, 5.41) is 3.42. The second-order valence-electron chi connectivity index (χ2n) is 8.47. The van der Waals surface area contributed by atoms with Gasteiger partial charge in [0.1, 0.15) is 5.82 Å². The van der Waals surface area contributed by atoms with Gasteiger partial charge in [-0.05, 0) is 85.8 Å². The summed E-state index contributed by atoms with van der Waals surface area (Å²) in [5.41, 5.74) is 1.11. The van der Waals surface area contributed by atoms with Crippen LogP contribution in [0.15, 0.2) is 24.3 Å². The van der Waals surface area contributed by atoms with Crippen LogP contribution in [0.5, 0.6) is 0 Å². The first-order valence-corrected chi connectivity index (χ1v) is 9.23. The lowest BCUT2D eigenvalue weighted by atomic mass is 9.54. The van der Waals surface area contributed by atoms with Crippen molar-refractivity contribution in [2.75, 3.05) is 0 Å². The molecular formula is C20H24FNO. The van der Waals surface area contributed by atoms with Gasteiger partial charge in [-0.15, -0.1) is 0 Å². The second kappa shape index (κ2) is 5.06. The standard InChI is InChI=1S/C20H24FNO/c21-16-3-1-13(2-4-16)17-10-18(17)20(23)22-19-14-6-11-5-12(8-14)9-15(19)7-11/h1-4,11-12,14-15,17-19H,5-10H2,(H,22,23). The summed E-state index contributed by atoms with van der Waals surface area (Å²) in [6, 6.07) is 7.09. The van der Waals surface area contributed by atoms with E-state index in [9.17, 15) is 9.18 Å². The van der Waals surface area contributed by atoms with Crippen molar-refractivity contribution in [2.24, 2.45) is 29.6 Å². The maximum atomic E-state index is 13.0. The zero-order chi connectivity index (χ0) is 15.6. The number of carbonyl (C=O) groups excluding carboxylic acids is 1. The van der Waals surface area contributed by atoms with Crippen molar-refractivity contribution in [2.45, 2.75) is 50.5 Å². The van der Waals surface area contributed by atoms with Crippen LogP contribution in [0.25, 0.3) is 0 Å². The number of rotatable bonds is 3. The Morgan fingerprint density at radius 3 is 2.13 bits per heavy atom. The molecule has 4 bridgehead atoms. The SMILES string of the molecule is O=C(NC1C2CC3CC(C2)CC1C3)C1CC1c1ccc(F)cc1. The van der Waals surface area contributed by atoms with E-state index in [1.807, 2.05) is 12.1 Å². The minimum atomic E-state index is -0.205. The number of halogens is 1.